The van der Waals surface area contributed by atoms with Crippen LogP contribution >= 0.6 is 11.8 Å². The second-order valence-corrected chi connectivity index (χ2v) is 7.49. The molecule has 3 rings (SSSR count). The lowest BCUT2D eigenvalue weighted by atomic mass is 10.1. The molecule has 0 aliphatic heterocycles. The van der Waals surface area contributed by atoms with Crippen molar-refractivity contribution in [1.29, 1.82) is 0 Å². The molecule has 0 aliphatic carbocycles. The zero-order chi connectivity index (χ0) is 20.8. The molecule has 0 aliphatic rings. The van der Waals surface area contributed by atoms with Gasteiger partial charge in [-0.05, 0) is 43.7 Å². The highest BCUT2D eigenvalue weighted by Gasteiger charge is 2.09. The number of benzene rings is 2. The van der Waals surface area contributed by atoms with Gasteiger partial charge in [0.25, 0.3) is 5.91 Å². The Morgan fingerprint density at radius 1 is 1.24 bits per heavy atom. The first-order chi connectivity index (χ1) is 14.0. The summed E-state index contributed by atoms with van der Waals surface area (Å²) in [5.41, 5.74) is 6.88. The van der Waals surface area contributed by atoms with Crippen molar-refractivity contribution in [3.8, 4) is 5.75 Å². The first-order valence-electron chi connectivity index (χ1n) is 9.03. The summed E-state index contributed by atoms with van der Waals surface area (Å²) in [5.74, 6) is 1.21. The van der Waals surface area contributed by atoms with E-state index in [-0.39, 0.29) is 5.91 Å². The van der Waals surface area contributed by atoms with Gasteiger partial charge in [0.05, 0.1) is 12.8 Å². The van der Waals surface area contributed by atoms with Crippen LogP contribution in [0, 0.1) is 6.92 Å². The minimum atomic E-state index is -0.261. The van der Waals surface area contributed by atoms with E-state index < -0.39 is 0 Å². The van der Waals surface area contributed by atoms with E-state index in [2.05, 4.69) is 20.7 Å². The summed E-state index contributed by atoms with van der Waals surface area (Å²) in [4.78, 5) is 12.4. The molecule has 1 heterocycles. The molecule has 0 spiro atoms. The summed E-state index contributed by atoms with van der Waals surface area (Å²) in [6.07, 6.45) is 1.67. The SMILES string of the molecule is COc1ccc(C)cc1/C(C)=N\NC(=O)c1ccc(CSc2nncn2C)cc1. The van der Waals surface area contributed by atoms with Crippen LogP contribution in [-0.2, 0) is 12.8 Å². The summed E-state index contributed by atoms with van der Waals surface area (Å²) in [6, 6.07) is 13.3. The molecule has 0 atom stereocenters. The van der Waals surface area contributed by atoms with E-state index >= 15 is 0 Å². The first-order valence-corrected chi connectivity index (χ1v) is 10.0. The smallest absolute Gasteiger partial charge is 0.271 e. The van der Waals surface area contributed by atoms with Crippen molar-refractivity contribution in [2.75, 3.05) is 7.11 Å². The Morgan fingerprint density at radius 2 is 2.00 bits per heavy atom. The Kier molecular flexibility index (Phi) is 6.66. The number of methoxy groups -OCH3 is 1. The molecule has 29 heavy (non-hydrogen) atoms. The summed E-state index contributed by atoms with van der Waals surface area (Å²) < 4.78 is 7.25. The second-order valence-electron chi connectivity index (χ2n) is 6.55. The van der Waals surface area contributed by atoms with Crippen molar-refractivity contribution < 1.29 is 9.53 Å². The van der Waals surface area contributed by atoms with Crippen LogP contribution in [0.4, 0.5) is 0 Å². The minimum Gasteiger partial charge on any atom is -0.496 e. The molecule has 1 aromatic heterocycles. The third-order valence-electron chi connectivity index (χ3n) is 4.32. The van der Waals surface area contributed by atoms with Gasteiger partial charge in [0, 0.05) is 23.9 Å². The molecular formula is C21H23N5O2S. The summed E-state index contributed by atoms with van der Waals surface area (Å²) >= 11 is 1.59. The van der Waals surface area contributed by atoms with E-state index in [0.717, 1.165) is 33.3 Å². The molecule has 8 heteroatoms. The number of carbonyl (C=O) groups is 1. The van der Waals surface area contributed by atoms with Crippen molar-refractivity contribution >= 4 is 23.4 Å². The van der Waals surface area contributed by atoms with Crippen LogP contribution in [0.15, 0.2) is 59.0 Å². The summed E-state index contributed by atoms with van der Waals surface area (Å²) in [5, 5.41) is 13.0. The predicted octanol–water partition coefficient (Wildman–Crippen LogP) is 3.58. The quantitative estimate of drug-likeness (QED) is 0.366. The molecule has 0 bridgehead atoms. The number of rotatable bonds is 7. The van der Waals surface area contributed by atoms with Crippen LogP contribution in [0.1, 0.15) is 34.0 Å². The van der Waals surface area contributed by atoms with E-state index in [0.29, 0.717) is 11.3 Å². The second kappa shape index (κ2) is 9.38. The molecular weight excluding hydrogens is 386 g/mol. The summed E-state index contributed by atoms with van der Waals surface area (Å²) in [6.45, 7) is 3.84. The van der Waals surface area contributed by atoms with Gasteiger partial charge in [0.2, 0.25) is 0 Å². The molecule has 1 amide bonds. The number of aromatic nitrogens is 3. The molecule has 7 nitrogen and oxygen atoms in total. The molecule has 3 aromatic rings. The van der Waals surface area contributed by atoms with Gasteiger partial charge in [0.15, 0.2) is 5.16 Å². The fraction of sp³-hybridized carbons (Fsp3) is 0.238. The molecule has 0 fully saturated rings. The average molecular weight is 410 g/mol. The number of hydrazone groups is 1. The number of ether oxygens (including phenoxy) is 1. The Balaban J connectivity index is 1.62. The van der Waals surface area contributed by atoms with Crippen LogP contribution in [-0.4, -0.2) is 33.5 Å². The van der Waals surface area contributed by atoms with Gasteiger partial charge in [-0.15, -0.1) is 10.2 Å². The van der Waals surface area contributed by atoms with Gasteiger partial charge in [-0.3, -0.25) is 4.79 Å². The monoisotopic (exact) mass is 409 g/mol. The van der Waals surface area contributed by atoms with Crippen LogP contribution in [0.5, 0.6) is 5.75 Å². The topological polar surface area (TPSA) is 81.4 Å². The lowest BCUT2D eigenvalue weighted by Crippen LogP contribution is -2.19. The number of aryl methyl sites for hydroxylation is 2. The Bertz CT molecular complexity index is 1030. The number of nitrogens with one attached hydrogen (secondary N) is 1. The highest BCUT2D eigenvalue weighted by Crippen LogP contribution is 2.21. The first kappa shape index (κ1) is 20.6. The van der Waals surface area contributed by atoms with Crippen molar-refractivity contribution in [3.05, 3.63) is 71.0 Å². The Morgan fingerprint density at radius 3 is 2.66 bits per heavy atom. The fourth-order valence-electron chi connectivity index (χ4n) is 2.67. The van der Waals surface area contributed by atoms with Crippen LogP contribution in [0.2, 0.25) is 0 Å². The zero-order valence-corrected chi connectivity index (χ0v) is 17.7. The number of hydrogen-bond acceptors (Lipinski definition) is 6. The van der Waals surface area contributed by atoms with Gasteiger partial charge in [-0.2, -0.15) is 5.10 Å². The highest BCUT2D eigenvalue weighted by molar-refractivity contribution is 7.98. The van der Waals surface area contributed by atoms with Gasteiger partial charge in [0.1, 0.15) is 12.1 Å². The van der Waals surface area contributed by atoms with E-state index in [1.807, 2.05) is 55.8 Å². The molecule has 0 unspecified atom stereocenters. The molecule has 1 N–H and O–H groups in total. The Labute approximate surface area is 174 Å². The van der Waals surface area contributed by atoms with Gasteiger partial charge in [-0.1, -0.05) is 35.5 Å². The maximum absolute atomic E-state index is 12.4. The lowest BCUT2D eigenvalue weighted by molar-refractivity contribution is 0.0955. The summed E-state index contributed by atoms with van der Waals surface area (Å²) in [7, 11) is 3.52. The molecule has 0 saturated heterocycles. The van der Waals surface area contributed by atoms with Crippen LogP contribution in [0.25, 0.3) is 0 Å². The van der Waals surface area contributed by atoms with Crippen LogP contribution < -0.4 is 10.2 Å². The number of nitrogens with zero attached hydrogens (tertiary/aromatic N) is 4. The number of amides is 1. The number of carbonyl (C=O) groups excluding carboxylic acids is 1. The van der Waals surface area contributed by atoms with E-state index in [1.165, 1.54) is 0 Å². The molecule has 2 aromatic carbocycles. The van der Waals surface area contributed by atoms with Gasteiger partial charge >= 0.3 is 0 Å². The third kappa shape index (κ3) is 5.23. The number of hydrogen-bond donors (Lipinski definition) is 1. The molecule has 150 valence electrons. The van der Waals surface area contributed by atoms with Crippen molar-refractivity contribution in [2.24, 2.45) is 12.1 Å². The largest absolute Gasteiger partial charge is 0.496 e. The highest BCUT2D eigenvalue weighted by atomic mass is 32.2. The van der Waals surface area contributed by atoms with E-state index in [4.69, 9.17) is 4.74 Å². The van der Waals surface area contributed by atoms with Crippen molar-refractivity contribution in [1.82, 2.24) is 20.2 Å². The third-order valence-corrected chi connectivity index (χ3v) is 5.43. The van der Waals surface area contributed by atoms with Crippen LogP contribution in [0.3, 0.4) is 0 Å². The normalized spacial score (nSPS) is 11.4. The Hall–Kier alpha value is -3.13. The van der Waals surface area contributed by atoms with Crippen molar-refractivity contribution in [3.63, 3.8) is 0 Å². The maximum Gasteiger partial charge on any atom is 0.271 e. The van der Waals surface area contributed by atoms with Crippen molar-refractivity contribution in [2.45, 2.75) is 24.8 Å². The average Bonchev–Trinajstić information content (AvgIpc) is 3.15. The zero-order valence-electron chi connectivity index (χ0n) is 16.8. The van der Waals surface area contributed by atoms with Gasteiger partial charge in [-0.25, -0.2) is 5.43 Å². The predicted molar refractivity (Wildman–Crippen MR) is 114 cm³/mol. The standard InChI is InChI=1S/C21H23N5O2S/c1-14-5-10-19(28-4)18(11-14)15(2)23-24-20(27)17-8-6-16(7-9-17)12-29-21-25-22-13-26(21)3/h5-11,13H,12H2,1-4H3,(H,24,27)/b23-15-. The van der Waals surface area contributed by atoms with E-state index in [1.54, 1.807) is 37.3 Å². The fourth-order valence-corrected chi connectivity index (χ4v) is 3.51. The maximum atomic E-state index is 12.4. The molecule has 0 saturated carbocycles. The number of thioether (sulfide) groups is 1. The minimum absolute atomic E-state index is 0.261. The van der Waals surface area contributed by atoms with E-state index in [9.17, 15) is 4.79 Å². The molecule has 0 radical (unpaired) electrons. The van der Waals surface area contributed by atoms with Gasteiger partial charge < -0.3 is 9.30 Å². The lowest BCUT2D eigenvalue weighted by Gasteiger charge is -2.09.